The Hall–Kier alpha value is -0.240. The SMILES string of the molecule is CC(C)(O)CCC(C)(C)O.O.O.O.O. The van der Waals surface area contributed by atoms with Crippen LogP contribution in [0.4, 0.5) is 0 Å². The minimum Gasteiger partial charge on any atom is -0.412 e. The lowest BCUT2D eigenvalue weighted by Gasteiger charge is -2.23. The minimum atomic E-state index is -0.653. The lowest BCUT2D eigenvalue weighted by Crippen LogP contribution is -2.26. The highest BCUT2D eigenvalue weighted by Gasteiger charge is 2.19. The molecule has 6 nitrogen and oxygen atoms in total. The predicted molar refractivity (Wildman–Crippen MR) is 56.3 cm³/mol. The Morgan fingerprint density at radius 2 is 0.786 bits per heavy atom. The molecular weight excluding hydrogens is 192 g/mol. The molecule has 0 aliphatic rings. The van der Waals surface area contributed by atoms with E-state index in [4.69, 9.17) is 0 Å². The molecule has 0 saturated carbocycles. The first-order valence-electron chi connectivity index (χ1n) is 3.65. The van der Waals surface area contributed by atoms with Crippen molar-refractivity contribution in [3.63, 3.8) is 0 Å². The average molecular weight is 218 g/mol. The van der Waals surface area contributed by atoms with E-state index in [-0.39, 0.29) is 21.9 Å². The molecule has 0 spiro atoms. The molecule has 0 amide bonds. The van der Waals surface area contributed by atoms with Crippen LogP contribution in [0.1, 0.15) is 40.5 Å². The molecule has 0 aromatic heterocycles. The maximum atomic E-state index is 9.27. The van der Waals surface area contributed by atoms with Crippen molar-refractivity contribution < 1.29 is 32.1 Å². The summed E-state index contributed by atoms with van der Waals surface area (Å²) >= 11 is 0. The van der Waals surface area contributed by atoms with Crippen molar-refractivity contribution in [1.29, 1.82) is 0 Å². The Labute approximate surface area is 84.8 Å². The molecule has 0 unspecified atom stereocenters. The van der Waals surface area contributed by atoms with Crippen LogP contribution < -0.4 is 0 Å². The van der Waals surface area contributed by atoms with E-state index in [1.54, 1.807) is 27.7 Å². The maximum absolute atomic E-state index is 9.27. The summed E-state index contributed by atoms with van der Waals surface area (Å²) in [6.45, 7) is 7.00. The quantitative estimate of drug-likeness (QED) is 0.560. The second-order valence-electron chi connectivity index (χ2n) is 4.12. The molecule has 0 aromatic rings. The lowest BCUT2D eigenvalue weighted by molar-refractivity contribution is 0.0169. The first-order chi connectivity index (χ1) is 4.21. The van der Waals surface area contributed by atoms with Crippen molar-refractivity contribution >= 4 is 0 Å². The highest BCUT2D eigenvalue weighted by Crippen LogP contribution is 2.17. The molecule has 14 heavy (non-hydrogen) atoms. The summed E-state index contributed by atoms with van der Waals surface area (Å²) in [6.07, 6.45) is 1.27. The van der Waals surface area contributed by atoms with Gasteiger partial charge in [-0.15, -0.1) is 0 Å². The molecule has 0 fully saturated rings. The van der Waals surface area contributed by atoms with Gasteiger partial charge in [-0.1, -0.05) is 0 Å². The van der Waals surface area contributed by atoms with E-state index in [9.17, 15) is 10.2 Å². The van der Waals surface area contributed by atoms with E-state index in [2.05, 4.69) is 0 Å². The van der Waals surface area contributed by atoms with Crippen LogP contribution in [-0.2, 0) is 0 Å². The van der Waals surface area contributed by atoms with Crippen LogP contribution in [0.3, 0.4) is 0 Å². The fourth-order valence-corrected chi connectivity index (χ4v) is 0.612. The molecule has 0 radical (unpaired) electrons. The number of hydrogen-bond acceptors (Lipinski definition) is 2. The maximum Gasteiger partial charge on any atom is 0.0592 e. The van der Waals surface area contributed by atoms with Crippen molar-refractivity contribution in [3.8, 4) is 0 Å². The largest absolute Gasteiger partial charge is 0.412 e. The van der Waals surface area contributed by atoms with Gasteiger partial charge < -0.3 is 32.1 Å². The van der Waals surface area contributed by atoms with Gasteiger partial charge >= 0.3 is 0 Å². The second-order valence-corrected chi connectivity index (χ2v) is 4.12. The van der Waals surface area contributed by atoms with Gasteiger partial charge in [-0.25, -0.2) is 0 Å². The Morgan fingerprint density at radius 1 is 0.643 bits per heavy atom. The molecule has 94 valence electrons. The van der Waals surface area contributed by atoms with E-state index in [0.29, 0.717) is 12.8 Å². The Morgan fingerprint density at radius 3 is 0.857 bits per heavy atom. The molecule has 0 rings (SSSR count). The summed E-state index contributed by atoms with van der Waals surface area (Å²) in [5.41, 5.74) is -1.31. The highest BCUT2D eigenvalue weighted by molar-refractivity contribution is 4.72. The van der Waals surface area contributed by atoms with Gasteiger partial charge in [0.05, 0.1) is 11.2 Å². The summed E-state index contributed by atoms with van der Waals surface area (Å²) < 4.78 is 0. The Balaban J connectivity index is -0.0000000675. The summed E-state index contributed by atoms with van der Waals surface area (Å²) in [7, 11) is 0. The van der Waals surface area contributed by atoms with Gasteiger partial charge in [0.15, 0.2) is 0 Å². The molecular formula is C8H26O6. The van der Waals surface area contributed by atoms with Gasteiger partial charge in [-0.2, -0.15) is 0 Å². The van der Waals surface area contributed by atoms with Gasteiger partial charge in [-0.3, -0.25) is 0 Å². The third kappa shape index (κ3) is 29.8. The zero-order valence-corrected chi connectivity index (χ0v) is 9.31. The van der Waals surface area contributed by atoms with E-state index >= 15 is 0 Å². The highest BCUT2D eigenvalue weighted by atomic mass is 16.3. The predicted octanol–water partition coefficient (Wildman–Crippen LogP) is -1.99. The van der Waals surface area contributed by atoms with Crippen LogP contribution >= 0.6 is 0 Å². The topological polar surface area (TPSA) is 166 Å². The monoisotopic (exact) mass is 218 g/mol. The van der Waals surface area contributed by atoms with Gasteiger partial charge in [-0.05, 0) is 40.5 Å². The van der Waals surface area contributed by atoms with E-state index in [1.807, 2.05) is 0 Å². The first kappa shape index (κ1) is 29.2. The van der Waals surface area contributed by atoms with Gasteiger partial charge in [0, 0.05) is 0 Å². The molecule has 10 N–H and O–H groups in total. The fraction of sp³-hybridized carbons (Fsp3) is 1.00. The fourth-order valence-electron chi connectivity index (χ4n) is 0.612. The molecule has 6 heteroatoms. The van der Waals surface area contributed by atoms with Crippen molar-refractivity contribution in [2.45, 2.75) is 51.7 Å². The number of aliphatic hydroxyl groups is 2. The third-order valence-corrected chi connectivity index (χ3v) is 1.35. The van der Waals surface area contributed by atoms with Crippen LogP contribution in [0.15, 0.2) is 0 Å². The molecule has 0 aliphatic carbocycles. The number of hydrogen-bond donors (Lipinski definition) is 2. The first-order valence-corrected chi connectivity index (χ1v) is 3.65. The van der Waals surface area contributed by atoms with Crippen LogP contribution in [0.5, 0.6) is 0 Å². The van der Waals surface area contributed by atoms with Crippen LogP contribution in [0.25, 0.3) is 0 Å². The summed E-state index contributed by atoms with van der Waals surface area (Å²) in [5, 5.41) is 18.5. The van der Waals surface area contributed by atoms with Crippen molar-refractivity contribution in [1.82, 2.24) is 0 Å². The summed E-state index contributed by atoms with van der Waals surface area (Å²) in [6, 6.07) is 0. The molecule has 0 aromatic carbocycles. The molecule has 0 aliphatic heterocycles. The molecule has 0 atom stereocenters. The smallest absolute Gasteiger partial charge is 0.0592 e. The van der Waals surface area contributed by atoms with Crippen molar-refractivity contribution in [3.05, 3.63) is 0 Å². The molecule has 0 bridgehead atoms. The Kier molecular flexibility index (Phi) is 19.4. The zero-order chi connectivity index (χ0) is 8.41. The van der Waals surface area contributed by atoms with Crippen LogP contribution in [0.2, 0.25) is 0 Å². The summed E-state index contributed by atoms with van der Waals surface area (Å²) in [5.74, 6) is 0. The Bertz CT molecular complexity index is 87.4. The van der Waals surface area contributed by atoms with Crippen LogP contribution in [-0.4, -0.2) is 43.3 Å². The van der Waals surface area contributed by atoms with Crippen molar-refractivity contribution in [2.24, 2.45) is 0 Å². The average Bonchev–Trinajstić information content (AvgIpc) is 1.57. The van der Waals surface area contributed by atoms with E-state index < -0.39 is 11.2 Å². The normalized spacial score (nSPS) is 9.86. The van der Waals surface area contributed by atoms with Gasteiger partial charge in [0.1, 0.15) is 0 Å². The lowest BCUT2D eigenvalue weighted by atomic mass is 9.94. The zero-order valence-electron chi connectivity index (χ0n) is 9.31. The standard InChI is InChI=1S/C8H18O2.4H2O/c1-7(2,9)5-6-8(3,4)10;;;;/h9-10H,5-6H2,1-4H3;4*1H2. The molecule has 0 heterocycles. The number of rotatable bonds is 3. The van der Waals surface area contributed by atoms with E-state index in [1.165, 1.54) is 0 Å². The molecule has 0 saturated heterocycles. The van der Waals surface area contributed by atoms with Gasteiger partial charge in [0.25, 0.3) is 0 Å². The van der Waals surface area contributed by atoms with Crippen LogP contribution in [0, 0.1) is 0 Å². The third-order valence-electron chi connectivity index (χ3n) is 1.35. The van der Waals surface area contributed by atoms with Gasteiger partial charge in [0.2, 0.25) is 0 Å². The summed E-state index contributed by atoms with van der Waals surface area (Å²) in [4.78, 5) is 0. The van der Waals surface area contributed by atoms with Crippen molar-refractivity contribution in [2.75, 3.05) is 0 Å². The second kappa shape index (κ2) is 9.32. The minimum absolute atomic E-state index is 0. The van der Waals surface area contributed by atoms with E-state index in [0.717, 1.165) is 0 Å².